The summed E-state index contributed by atoms with van der Waals surface area (Å²) in [4.78, 5) is 10.5. The highest BCUT2D eigenvalue weighted by Crippen LogP contribution is 2.35. The van der Waals surface area contributed by atoms with Gasteiger partial charge in [0.2, 0.25) is 5.95 Å². The van der Waals surface area contributed by atoms with Crippen LogP contribution in [0.5, 0.6) is 0 Å². The predicted molar refractivity (Wildman–Crippen MR) is 97.0 cm³/mol. The quantitative estimate of drug-likeness (QED) is 0.785. The number of rotatable bonds is 5. The summed E-state index contributed by atoms with van der Waals surface area (Å²) in [6.07, 6.45) is 2.13. The molecule has 0 radical (unpaired) electrons. The van der Waals surface area contributed by atoms with E-state index in [9.17, 15) is 0 Å². The van der Waals surface area contributed by atoms with Gasteiger partial charge < -0.3 is 5.32 Å². The van der Waals surface area contributed by atoms with Crippen LogP contribution in [0.25, 0.3) is 11.1 Å². The lowest BCUT2D eigenvalue weighted by atomic mass is 9.97. The number of hydrogen-bond acceptors (Lipinski definition) is 4. The van der Waals surface area contributed by atoms with Gasteiger partial charge in [-0.1, -0.05) is 26.0 Å². The zero-order valence-electron chi connectivity index (χ0n) is 14.3. The molecule has 1 aromatic carbocycles. The fourth-order valence-corrected chi connectivity index (χ4v) is 3.26. The Kier molecular flexibility index (Phi) is 5.46. The molecule has 0 unspecified atom stereocenters. The summed E-state index contributed by atoms with van der Waals surface area (Å²) >= 11 is 1.78. The maximum absolute atomic E-state index is 4.60. The van der Waals surface area contributed by atoms with E-state index in [2.05, 4.69) is 74.4 Å². The third-order valence-electron chi connectivity index (χ3n) is 3.77. The van der Waals surface area contributed by atoms with Gasteiger partial charge in [0.15, 0.2) is 0 Å². The molecule has 0 aliphatic carbocycles. The molecule has 0 fully saturated rings. The Morgan fingerprint density at radius 3 is 2.27 bits per heavy atom. The molecule has 3 nitrogen and oxygen atoms in total. The minimum Gasteiger partial charge on any atom is -0.354 e. The van der Waals surface area contributed by atoms with Crippen molar-refractivity contribution < 1.29 is 0 Å². The van der Waals surface area contributed by atoms with Crippen molar-refractivity contribution in [2.45, 2.75) is 45.4 Å². The zero-order valence-corrected chi connectivity index (χ0v) is 15.1. The van der Waals surface area contributed by atoms with Gasteiger partial charge in [-0.15, -0.1) is 11.8 Å². The summed E-state index contributed by atoms with van der Waals surface area (Å²) < 4.78 is 0. The lowest BCUT2D eigenvalue weighted by molar-refractivity contribution is 0.862. The summed E-state index contributed by atoms with van der Waals surface area (Å²) in [5.41, 5.74) is 5.80. The van der Waals surface area contributed by atoms with Crippen LogP contribution in [0.3, 0.4) is 0 Å². The first-order valence-electron chi connectivity index (χ1n) is 7.75. The molecule has 22 heavy (non-hydrogen) atoms. The van der Waals surface area contributed by atoms with Crippen molar-refractivity contribution in [3.05, 3.63) is 35.2 Å². The highest BCUT2D eigenvalue weighted by molar-refractivity contribution is 7.98. The molecular formula is C18H25N3S. The Balaban J connectivity index is 2.56. The number of nitrogens with zero attached hydrogens (tertiary/aromatic N) is 2. The van der Waals surface area contributed by atoms with Crippen molar-refractivity contribution in [1.82, 2.24) is 9.97 Å². The van der Waals surface area contributed by atoms with Crippen LogP contribution in [0.2, 0.25) is 0 Å². The van der Waals surface area contributed by atoms with Gasteiger partial charge in [-0.05, 0) is 50.1 Å². The molecule has 4 heteroatoms. The molecule has 0 bridgehead atoms. The first-order valence-corrected chi connectivity index (χ1v) is 8.97. The standard InChI is InChI=1S/C18H25N3S/c1-7-19-18-20-12(4)17(13(5)21-18)15-9-8-14(11(2)3)10-16(15)22-6/h8-11H,7H2,1-6H3,(H,19,20,21). The number of thioether (sulfide) groups is 1. The van der Waals surface area contributed by atoms with Gasteiger partial charge in [0.1, 0.15) is 0 Å². The van der Waals surface area contributed by atoms with Gasteiger partial charge in [0.25, 0.3) is 0 Å². The van der Waals surface area contributed by atoms with Gasteiger partial charge >= 0.3 is 0 Å². The van der Waals surface area contributed by atoms with E-state index in [0.29, 0.717) is 11.9 Å². The Labute approximate surface area is 138 Å². The molecule has 0 saturated heterocycles. The Hall–Kier alpha value is -1.55. The van der Waals surface area contributed by atoms with Crippen LogP contribution < -0.4 is 5.32 Å². The average molecular weight is 315 g/mol. The highest BCUT2D eigenvalue weighted by atomic mass is 32.2. The normalized spacial score (nSPS) is 11.0. The van der Waals surface area contributed by atoms with E-state index in [1.54, 1.807) is 11.8 Å². The van der Waals surface area contributed by atoms with Gasteiger partial charge in [0.05, 0.1) is 11.4 Å². The number of aryl methyl sites for hydroxylation is 2. The molecule has 1 heterocycles. The van der Waals surface area contributed by atoms with Gasteiger partial charge in [-0.2, -0.15) is 0 Å². The minimum absolute atomic E-state index is 0.537. The molecule has 0 amide bonds. The fraction of sp³-hybridized carbons (Fsp3) is 0.444. The maximum atomic E-state index is 4.60. The topological polar surface area (TPSA) is 37.8 Å². The molecule has 2 rings (SSSR count). The van der Waals surface area contributed by atoms with Gasteiger partial charge in [-0.3, -0.25) is 0 Å². The van der Waals surface area contributed by atoms with Crippen molar-refractivity contribution in [2.75, 3.05) is 18.1 Å². The highest BCUT2D eigenvalue weighted by Gasteiger charge is 2.15. The predicted octanol–water partition coefficient (Wildman–Crippen LogP) is 5.04. The summed E-state index contributed by atoms with van der Waals surface area (Å²) in [5, 5.41) is 3.19. The van der Waals surface area contributed by atoms with Crippen molar-refractivity contribution >= 4 is 17.7 Å². The molecule has 0 atom stereocenters. The van der Waals surface area contributed by atoms with Crippen LogP contribution in [0.1, 0.15) is 43.6 Å². The molecule has 2 aromatic rings. The van der Waals surface area contributed by atoms with Crippen molar-refractivity contribution in [1.29, 1.82) is 0 Å². The minimum atomic E-state index is 0.537. The third-order valence-corrected chi connectivity index (χ3v) is 4.54. The van der Waals surface area contributed by atoms with E-state index in [1.807, 2.05) is 0 Å². The van der Waals surface area contributed by atoms with E-state index in [-0.39, 0.29) is 0 Å². The number of benzene rings is 1. The summed E-state index contributed by atoms with van der Waals surface area (Å²) in [7, 11) is 0. The van der Waals surface area contributed by atoms with E-state index < -0.39 is 0 Å². The summed E-state index contributed by atoms with van der Waals surface area (Å²) in [6, 6.07) is 6.73. The van der Waals surface area contributed by atoms with Gasteiger partial charge in [-0.25, -0.2) is 9.97 Å². The monoisotopic (exact) mass is 315 g/mol. The molecule has 0 saturated carbocycles. The Bertz CT molecular complexity index is 642. The number of aromatic nitrogens is 2. The summed E-state index contributed by atoms with van der Waals surface area (Å²) in [6.45, 7) is 11.5. The van der Waals surface area contributed by atoms with E-state index in [4.69, 9.17) is 0 Å². The lowest BCUT2D eigenvalue weighted by Crippen LogP contribution is -2.06. The molecule has 0 aliphatic rings. The first kappa shape index (κ1) is 16.8. The smallest absolute Gasteiger partial charge is 0.223 e. The Morgan fingerprint density at radius 1 is 1.14 bits per heavy atom. The second-order valence-electron chi connectivity index (χ2n) is 5.74. The van der Waals surface area contributed by atoms with Gasteiger partial charge in [0, 0.05) is 17.0 Å². The molecule has 118 valence electrons. The lowest BCUT2D eigenvalue weighted by Gasteiger charge is -2.16. The molecule has 1 N–H and O–H groups in total. The van der Waals surface area contributed by atoms with Crippen LogP contribution >= 0.6 is 11.8 Å². The molecule has 0 spiro atoms. The third kappa shape index (κ3) is 3.43. The SMILES string of the molecule is CCNc1nc(C)c(-c2ccc(C(C)C)cc2SC)c(C)n1. The van der Waals surface area contributed by atoms with E-state index >= 15 is 0 Å². The second kappa shape index (κ2) is 7.14. The van der Waals surface area contributed by atoms with Crippen LogP contribution in [-0.4, -0.2) is 22.8 Å². The summed E-state index contributed by atoms with van der Waals surface area (Å²) in [5.74, 6) is 1.25. The van der Waals surface area contributed by atoms with Crippen LogP contribution in [0.4, 0.5) is 5.95 Å². The van der Waals surface area contributed by atoms with Crippen LogP contribution in [0, 0.1) is 13.8 Å². The molecule has 0 aliphatic heterocycles. The zero-order chi connectivity index (χ0) is 16.3. The number of hydrogen-bond donors (Lipinski definition) is 1. The number of anilines is 1. The van der Waals surface area contributed by atoms with Crippen molar-refractivity contribution in [3.63, 3.8) is 0 Å². The van der Waals surface area contributed by atoms with Crippen LogP contribution in [-0.2, 0) is 0 Å². The number of nitrogens with one attached hydrogen (secondary N) is 1. The largest absolute Gasteiger partial charge is 0.354 e. The molecule has 1 aromatic heterocycles. The van der Waals surface area contributed by atoms with E-state index in [0.717, 1.165) is 23.5 Å². The van der Waals surface area contributed by atoms with E-state index in [1.165, 1.54) is 16.0 Å². The maximum Gasteiger partial charge on any atom is 0.223 e. The van der Waals surface area contributed by atoms with Crippen molar-refractivity contribution in [2.24, 2.45) is 0 Å². The Morgan fingerprint density at radius 2 is 1.77 bits per heavy atom. The van der Waals surface area contributed by atoms with Crippen LogP contribution in [0.15, 0.2) is 23.1 Å². The van der Waals surface area contributed by atoms with Crippen molar-refractivity contribution in [3.8, 4) is 11.1 Å². The fourth-order valence-electron chi connectivity index (χ4n) is 2.62. The first-order chi connectivity index (χ1) is 10.5. The average Bonchev–Trinajstić information content (AvgIpc) is 2.47. The second-order valence-corrected chi connectivity index (χ2v) is 6.59. The molecular weight excluding hydrogens is 290 g/mol.